The minimum Gasteiger partial charge on any atom is -0.370 e. The smallest absolute Gasteiger partial charge is 0.330 e. The molecule has 28 heavy (non-hydrogen) atoms. The summed E-state index contributed by atoms with van der Waals surface area (Å²) in [6, 6.07) is 9.59. The quantitative estimate of drug-likeness (QED) is 0.604. The summed E-state index contributed by atoms with van der Waals surface area (Å²) in [5, 5.41) is 5.30. The summed E-state index contributed by atoms with van der Waals surface area (Å²) in [7, 11) is 0. The third-order valence-electron chi connectivity index (χ3n) is 3.46. The predicted octanol–water partition coefficient (Wildman–Crippen LogP) is 4.05. The maximum absolute atomic E-state index is 12.8. The second kappa shape index (κ2) is 9.65. The Kier molecular flexibility index (Phi) is 7.53. The van der Waals surface area contributed by atoms with E-state index in [-0.39, 0.29) is 18.4 Å². The highest BCUT2D eigenvalue weighted by molar-refractivity contribution is 7.14. The van der Waals surface area contributed by atoms with E-state index in [9.17, 15) is 27.2 Å². The van der Waals surface area contributed by atoms with Crippen LogP contribution in [-0.4, -0.2) is 30.8 Å². The van der Waals surface area contributed by atoms with Gasteiger partial charge in [-0.2, -0.15) is 8.78 Å². The molecule has 0 saturated carbocycles. The Morgan fingerprint density at radius 1 is 1.21 bits per heavy atom. The normalized spacial score (nSPS) is 11.5. The van der Waals surface area contributed by atoms with E-state index in [0.29, 0.717) is 22.7 Å². The van der Waals surface area contributed by atoms with Crippen LogP contribution < -0.4 is 10.6 Å². The van der Waals surface area contributed by atoms with E-state index >= 15 is 0 Å². The van der Waals surface area contributed by atoms with Gasteiger partial charge < -0.3 is 15.4 Å². The van der Waals surface area contributed by atoms with Gasteiger partial charge in [-0.05, 0) is 29.8 Å². The third kappa shape index (κ3) is 6.61. The molecule has 2 rings (SSSR count). The highest BCUT2D eigenvalue weighted by atomic mass is 32.1. The molecule has 0 bridgehead atoms. The van der Waals surface area contributed by atoms with Gasteiger partial charge in [-0.15, -0.1) is 11.3 Å². The van der Waals surface area contributed by atoms with Crippen molar-refractivity contribution in [2.24, 2.45) is 0 Å². The first-order chi connectivity index (χ1) is 13.2. The van der Waals surface area contributed by atoms with E-state index in [1.54, 1.807) is 30.3 Å². The molecular formula is C18H18F4N2O3S. The number of benzene rings is 1. The molecule has 0 saturated heterocycles. The summed E-state index contributed by atoms with van der Waals surface area (Å²) in [4.78, 5) is 24.5. The van der Waals surface area contributed by atoms with Gasteiger partial charge >= 0.3 is 12.3 Å². The largest absolute Gasteiger partial charge is 0.370 e. The number of hydrogen-bond donors (Lipinski definition) is 2. The maximum atomic E-state index is 12.8. The number of hydrogen-bond acceptors (Lipinski definition) is 4. The first kappa shape index (κ1) is 21.8. The van der Waals surface area contributed by atoms with Crippen molar-refractivity contribution < 1.29 is 31.9 Å². The van der Waals surface area contributed by atoms with Crippen molar-refractivity contribution in [3.63, 3.8) is 0 Å². The molecule has 0 spiro atoms. The molecule has 0 radical (unpaired) electrons. The molecule has 0 atom stereocenters. The van der Waals surface area contributed by atoms with Crippen LogP contribution >= 0.6 is 11.3 Å². The van der Waals surface area contributed by atoms with Gasteiger partial charge in [0.05, 0.1) is 18.0 Å². The van der Waals surface area contributed by atoms with Gasteiger partial charge in [0.25, 0.3) is 5.91 Å². The molecule has 0 unspecified atom stereocenters. The van der Waals surface area contributed by atoms with Crippen LogP contribution in [0.5, 0.6) is 0 Å². The fourth-order valence-corrected chi connectivity index (χ4v) is 2.95. The van der Waals surface area contributed by atoms with Crippen LogP contribution in [0.3, 0.4) is 0 Å². The fraction of sp³-hybridized carbons (Fsp3) is 0.333. The lowest BCUT2D eigenvalue weighted by molar-refractivity contribution is -0.168. The summed E-state index contributed by atoms with van der Waals surface area (Å²) < 4.78 is 54.5. The van der Waals surface area contributed by atoms with Crippen LogP contribution in [0.4, 0.5) is 23.2 Å². The number of ether oxygens (including phenoxy) is 1. The van der Waals surface area contributed by atoms with Gasteiger partial charge in [0.2, 0.25) is 5.91 Å². The summed E-state index contributed by atoms with van der Waals surface area (Å²) in [5.41, 5.74) is 0.851. The molecule has 1 aromatic carbocycles. The molecule has 10 heteroatoms. The van der Waals surface area contributed by atoms with Gasteiger partial charge in [-0.25, -0.2) is 8.78 Å². The molecule has 0 aliphatic carbocycles. The van der Waals surface area contributed by atoms with Crippen LogP contribution in [0.25, 0.3) is 0 Å². The number of carbonyl (C=O) groups excluding carboxylic acids is 2. The van der Waals surface area contributed by atoms with Crippen molar-refractivity contribution in [2.75, 3.05) is 11.9 Å². The zero-order valence-corrected chi connectivity index (χ0v) is 15.6. The van der Waals surface area contributed by atoms with Crippen LogP contribution in [0.15, 0.2) is 36.4 Å². The zero-order valence-electron chi connectivity index (χ0n) is 14.8. The average molecular weight is 418 g/mol. The molecule has 152 valence electrons. The number of anilines is 1. The number of rotatable bonds is 9. The van der Waals surface area contributed by atoms with E-state index in [0.717, 1.165) is 4.88 Å². The minimum atomic E-state index is -4.21. The van der Waals surface area contributed by atoms with Crippen molar-refractivity contribution in [1.82, 2.24) is 5.32 Å². The van der Waals surface area contributed by atoms with Crippen molar-refractivity contribution in [1.29, 1.82) is 0 Å². The number of carbonyl (C=O) groups is 2. The van der Waals surface area contributed by atoms with Crippen molar-refractivity contribution >= 4 is 28.8 Å². The zero-order chi connectivity index (χ0) is 20.7. The monoisotopic (exact) mass is 418 g/mol. The summed E-state index contributed by atoms with van der Waals surface area (Å²) >= 11 is 1.22. The molecule has 1 heterocycles. The van der Waals surface area contributed by atoms with Crippen LogP contribution in [0.1, 0.15) is 27.0 Å². The Labute approximate surface area is 162 Å². The van der Waals surface area contributed by atoms with Gasteiger partial charge in [0.1, 0.15) is 6.61 Å². The molecule has 0 aliphatic heterocycles. The summed E-state index contributed by atoms with van der Waals surface area (Å²) in [6.45, 7) is 0.0231. The predicted molar refractivity (Wildman–Crippen MR) is 96.8 cm³/mol. The maximum Gasteiger partial charge on any atom is 0.330 e. The van der Waals surface area contributed by atoms with Crippen molar-refractivity contribution in [3.8, 4) is 0 Å². The fourth-order valence-electron chi connectivity index (χ4n) is 2.11. The Bertz CT molecular complexity index is 827. The minimum absolute atomic E-state index is 0.176. The standard InChI is InChI=1S/C18H18F4N2O3S/c1-11(25)23-8-14-5-6-15(28-14)16(26)24-13-4-2-3-12(7-13)9-27-10-18(21,22)17(19)20/h2-7,17H,8-10H2,1H3,(H,23,25)(H,24,26). The van der Waals surface area contributed by atoms with Gasteiger partial charge in [0.15, 0.2) is 0 Å². The van der Waals surface area contributed by atoms with Gasteiger partial charge in [-0.3, -0.25) is 9.59 Å². The molecule has 2 amide bonds. The number of amides is 2. The van der Waals surface area contributed by atoms with E-state index in [1.165, 1.54) is 24.3 Å². The topological polar surface area (TPSA) is 67.4 Å². The number of alkyl halides is 4. The van der Waals surface area contributed by atoms with Gasteiger partial charge in [0, 0.05) is 17.5 Å². The number of halogens is 4. The Hall–Kier alpha value is -2.46. The SMILES string of the molecule is CC(=O)NCc1ccc(C(=O)Nc2cccc(COCC(F)(F)C(F)F)c2)s1. The molecule has 0 aliphatic rings. The molecule has 0 fully saturated rings. The second-order valence-electron chi connectivity index (χ2n) is 5.88. The number of thiophene rings is 1. The Morgan fingerprint density at radius 2 is 1.96 bits per heavy atom. The highest BCUT2D eigenvalue weighted by Gasteiger charge is 2.40. The van der Waals surface area contributed by atoms with Gasteiger partial charge in [-0.1, -0.05) is 12.1 Å². The van der Waals surface area contributed by atoms with E-state index in [4.69, 9.17) is 0 Å². The molecule has 2 N–H and O–H groups in total. The average Bonchev–Trinajstić information content (AvgIpc) is 3.09. The van der Waals surface area contributed by atoms with Crippen molar-refractivity contribution in [3.05, 3.63) is 51.7 Å². The second-order valence-corrected chi connectivity index (χ2v) is 7.05. The molecule has 2 aromatic rings. The summed E-state index contributed by atoms with van der Waals surface area (Å²) in [6.07, 6.45) is -3.79. The number of nitrogens with one attached hydrogen (secondary N) is 2. The van der Waals surface area contributed by atoms with E-state index in [1.807, 2.05) is 0 Å². The summed E-state index contributed by atoms with van der Waals surface area (Å²) in [5.74, 6) is -4.76. The Balaban J connectivity index is 1.91. The lowest BCUT2D eigenvalue weighted by atomic mass is 10.2. The molecule has 5 nitrogen and oxygen atoms in total. The lowest BCUT2D eigenvalue weighted by Crippen LogP contribution is -2.32. The van der Waals surface area contributed by atoms with Crippen LogP contribution in [0, 0.1) is 0 Å². The van der Waals surface area contributed by atoms with Crippen molar-refractivity contribution in [2.45, 2.75) is 32.4 Å². The van der Waals surface area contributed by atoms with E-state index in [2.05, 4.69) is 15.4 Å². The molecular weight excluding hydrogens is 400 g/mol. The van der Waals surface area contributed by atoms with Crippen LogP contribution in [0.2, 0.25) is 0 Å². The third-order valence-corrected chi connectivity index (χ3v) is 4.55. The lowest BCUT2D eigenvalue weighted by Gasteiger charge is -2.15. The molecule has 1 aromatic heterocycles. The Morgan fingerprint density at radius 3 is 2.64 bits per heavy atom. The van der Waals surface area contributed by atoms with E-state index < -0.39 is 19.0 Å². The highest BCUT2D eigenvalue weighted by Crippen LogP contribution is 2.24. The first-order valence-electron chi connectivity index (χ1n) is 8.14. The first-order valence-corrected chi connectivity index (χ1v) is 8.96. The van der Waals surface area contributed by atoms with Crippen LogP contribution in [-0.2, 0) is 22.7 Å².